The van der Waals surface area contributed by atoms with E-state index < -0.39 is 22.9 Å². The van der Waals surface area contributed by atoms with Crippen LogP contribution in [-0.2, 0) is 14.4 Å². The quantitative estimate of drug-likeness (QED) is 0.183. The second-order valence-electron chi connectivity index (χ2n) is 9.23. The summed E-state index contributed by atoms with van der Waals surface area (Å²) in [7, 11) is 0. The lowest BCUT2D eigenvalue weighted by Crippen LogP contribution is -2.31. The maximum absolute atomic E-state index is 13.3. The number of nitrogens with one attached hydrogen (secondary N) is 2. The molecule has 1 aliphatic heterocycles. The molecule has 1 aliphatic rings. The highest BCUT2D eigenvalue weighted by molar-refractivity contribution is 8.00. The molecule has 4 aromatic rings. The van der Waals surface area contributed by atoms with Crippen LogP contribution >= 0.6 is 23.4 Å². The lowest BCUT2D eigenvalue weighted by atomic mass is 10.1. The molecule has 0 spiro atoms. The van der Waals surface area contributed by atoms with Crippen molar-refractivity contribution >= 4 is 64.4 Å². The normalized spacial score (nSPS) is 15.0. The van der Waals surface area contributed by atoms with Crippen molar-refractivity contribution in [2.45, 2.75) is 16.6 Å². The molecule has 10 heteroatoms. The number of halogens is 2. The molecule has 210 valence electrons. The van der Waals surface area contributed by atoms with Gasteiger partial charge in [-0.2, -0.15) is 0 Å². The van der Waals surface area contributed by atoms with Crippen LogP contribution in [0.3, 0.4) is 0 Å². The van der Waals surface area contributed by atoms with Crippen LogP contribution in [-0.4, -0.2) is 28.9 Å². The molecule has 7 nitrogen and oxygen atoms in total. The number of hydrogen-bond acceptors (Lipinski definition) is 5. The lowest BCUT2D eigenvalue weighted by Gasteiger charge is -2.15. The summed E-state index contributed by atoms with van der Waals surface area (Å²) < 4.78 is 13.3. The topological polar surface area (TPSA) is 95.6 Å². The second kappa shape index (κ2) is 12.8. The minimum Gasteiger partial charge on any atom is -0.321 e. The zero-order valence-corrected chi connectivity index (χ0v) is 23.5. The van der Waals surface area contributed by atoms with Gasteiger partial charge in [-0.05, 0) is 78.4 Å². The summed E-state index contributed by atoms with van der Waals surface area (Å²) in [4.78, 5) is 53.4. The number of rotatable bonds is 8. The average molecular weight is 600 g/mol. The molecular weight excluding hydrogens is 577 g/mol. The predicted octanol–water partition coefficient (Wildman–Crippen LogP) is 6.31. The summed E-state index contributed by atoms with van der Waals surface area (Å²) in [6.07, 6.45) is 1.51. The zero-order valence-electron chi connectivity index (χ0n) is 21.9. The first kappa shape index (κ1) is 28.8. The number of carbonyl (C=O) groups excluding carboxylic acids is 4. The summed E-state index contributed by atoms with van der Waals surface area (Å²) in [5.41, 5.74) is 1.70. The number of nitrogens with zero attached hydrogens (tertiary/aromatic N) is 1. The van der Waals surface area contributed by atoms with E-state index >= 15 is 0 Å². The van der Waals surface area contributed by atoms with Gasteiger partial charge in [0.05, 0.1) is 10.9 Å². The predicted molar refractivity (Wildman–Crippen MR) is 162 cm³/mol. The van der Waals surface area contributed by atoms with E-state index in [1.165, 1.54) is 42.1 Å². The van der Waals surface area contributed by atoms with Gasteiger partial charge in [0, 0.05) is 27.6 Å². The van der Waals surface area contributed by atoms with Gasteiger partial charge in [0.2, 0.25) is 11.8 Å². The van der Waals surface area contributed by atoms with Crippen LogP contribution in [0.15, 0.2) is 114 Å². The molecule has 5 rings (SSSR count). The number of imide groups is 1. The van der Waals surface area contributed by atoms with Gasteiger partial charge in [-0.3, -0.25) is 19.2 Å². The van der Waals surface area contributed by atoms with Crippen molar-refractivity contribution in [2.24, 2.45) is 0 Å². The van der Waals surface area contributed by atoms with Gasteiger partial charge in [0.1, 0.15) is 11.5 Å². The molecule has 1 atom stereocenters. The number of amides is 4. The number of anilines is 2. The Hall–Kier alpha value is -4.73. The fraction of sp³-hybridized carbons (Fsp3) is 0.0625. The summed E-state index contributed by atoms with van der Waals surface area (Å²) >= 11 is 7.51. The van der Waals surface area contributed by atoms with Crippen molar-refractivity contribution in [2.75, 3.05) is 10.2 Å². The van der Waals surface area contributed by atoms with Crippen LogP contribution in [0.2, 0.25) is 5.02 Å². The molecule has 2 N–H and O–H groups in total. The Kier molecular flexibility index (Phi) is 8.80. The Labute approximate surface area is 250 Å². The molecule has 0 aromatic heterocycles. The number of thioether (sulfide) groups is 1. The second-order valence-corrected chi connectivity index (χ2v) is 10.9. The van der Waals surface area contributed by atoms with Crippen molar-refractivity contribution in [3.8, 4) is 0 Å². The molecule has 4 amide bonds. The van der Waals surface area contributed by atoms with Gasteiger partial charge in [-0.1, -0.05) is 48.0 Å². The van der Waals surface area contributed by atoms with E-state index in [0.29, 0.717) is 32.4 Å². The molecule has 0 bridgehead atoms. The first-order chi connectivity index (χ1) is 20.3. The zero-order chi connectivity index (χ0) is 29.6. The summed E-state index contributed by atoms with van der Waals surface area (Å²) in [6, 6.07) is 27.4. The average Bonchev–Trinajstić information content (AvgIpc) is 3.27. The van der Waals surface area contributed by atoms with Crippen molar-refractivity contribution in [3.63, 3.8) is 0 Å². The Morgan fingerprint density at radius 3 is 2.24 bits per heavy atom. The first-order valence-electron chi connectivity index (χ1n) is 12.8. The van der Waals surface area contributed by atoms with E-state index in [1.807, 2.05) is 0 Å². The van der Waals surface area contributed by atoms with Crippen LogP contribution in [0.5, 0.6) is 0 Å². The standard InChI is InChI=1S/C32H23ClFN3O4S/c33-26-9-5-4-8-21(26)18-27(36-30(39)20-6-2-1-3-7-20)31(40)35-23-12-16-25(17-13-23)42-28-19-29(38)37(32(28)41)24-14-10-22(34)11-15-24/h1-18,28H,19H2,(H,35,40)(H,36,39)/b27-18-. The molecule has 42 heavy (non-hydrogen) atoms. The SMILES string of the molecule is O=C(Nc1ccc(SC2CC(=O)N(c3ccc(F)cc3)C2=O)cc1)/C(=C/c1ccccc1Cl)NC(=O)c1ccccc1. The van der Waals surface area contributed by atoms with Gasteiger partial charge < -0.3 is 10.6 Å². The first-order valence-corrected chi connectivity index (χ1v) is 14.1. The van der Waals surface area contributed by atoms with Gasteiger partial charge in [-0.25, -0.2) is 9.29 Å². The molecule has 1 saturated heterocycles. The smallest absolute Gasteiger partial charge is 0.272 e. The van der Waals surface area contributed by atoms with E-state index in [0.717, 1.165) is 4.90 Å². The maximum atomic E-state index is 13.3. The van der Waals surface area contributed by atoms with Crippen LogP contribution in [0.25, 0.3) is 6.08 Å². The van der Waals surface area contributed by atoms with Crippen molar-refractivity contribution in [3.05, 3.63) is 131 Å². The van der Waals surface area contributed by atoms with Gasteiger partial charge in [-0.15, -0.1) is 11.8 Å². The Balaban J connectivity index is 1.28. The molecule has 0 radical (unpaired) electrons. The maximum Gasteiger partial charge on any atom is 0.272 e. The van der Waals surface area contributed by atoms with E-state index in [1.54, 1.807) is 78.9 Å². The lowest BCUT2D eigenvalue weighted by molar-refractivity contribution is -0.121. The third-order valence-electron chi connectivity index (χ3n) is 6.31. The summed E-state index contributed by atoms with van der Waals surface area (Å²) in [5.74, 6) is -2.21. The molecule has 0 aliphatic carbocycles. The Morgan fingerprint density at radius 1 is 0.881 bits per heavy atom. The molecule has 1 heterocycles. The van der Waals surface area contributed by atoms with Crippen molar-refractivity contribution in [1.29, 1.82) is 0 Å². The van der Waals surface area contributed by atoms with E-state index in [9.17, 15) is 23.6 Å². The molecular formula is C32H23ClFN3O4S. The fourth-order valence-corrected chi connectivity index (χ4v) is 5.47. The number of benzene rings is 4. The highest BCUT2D eigenvalue weighted by Crippen LogP contribution is 2.34. The van der Waals surface area contributed by atoms with Crippen LogP contribution in [0.1, 0.15) is 22.3 Å². The van der Waals surface area contributed by atoms with Gasteiger partial charge >= 0.3 is 0 Å². The van der Waals surface area contributed by atoms with Crippen molar-refractivity contribution < 1.29 is 23.6 Å². The fourth-order valence-electron chi connectivity index (χ4n) is 4.23. The highest BCUT2D eigenvalue weighted by atomic mass is 35.5. The Bertz CT molecular complexity index is 1680. The largest absolute Gasteiger partial charge is 0.321 e. The number of hydrogen-bond donors (Lipinski definition) is 2. The Morgan fingerprint density at radius 2 is 1.55 bits per heavy atom. The minimum atomic E-state index is -0.638. The molecule has 1 unspecified atom stereocenters. The minimum absolute atomic E-state index is 0.00801. The van der Waals surface area contributed by atoms with Gasteiger partial charge in [0.15, 0.2) is 0 Å². The summed E-state index contributed by atoms with van der Waals surface area (Å²) in [6.45, 7) is 0. The highest BCUT2D eigenvalue weighted by Gasteiger charge is 2.40. The van der Waals surface area contributed by atoms with E-state index in [4.69, 9.17) is 11.6 Å². The van der Waals surface area contributed by atoms with E-state index in [-0.39, 0.29) is 23.9 Å². The van der Waals surface area contributed by atoms with Crippen molar-refractivity contribution in [1.82, 2.24) is 5.32 Å². The third-order valence-corrected chi connectivity index (χ3v) is 7.86. The van der Waals surface area contributed by atoms with Crippen LogP contribution in [0, 0.1) is 5.82 Å². The molecule has 4 aromatic carbocycles. The van der Waals surface area contributed by atoms with Crippen LogP contribution in [0.4, 0.5) is 15.8 Å². The van der Waals surface area contributed by atoms with Crippen LogP contribution < -0.4 is 15.5 Å². The molecule has 0 saturated carbocycles. The third kappa shape index (κ3) is 6.76. The monoisotopic (exact) mass is 599 g/mol. The molecule has 1 fully saturated rings. The van der Waals surface area contributed by atoms with E-state index in [2.05, 4.69) is 10.6 Å². The number of carbonyl (C=O) groups is 4. The van der Waals surface area contributed by atoms with Gasteiger partial charge in [0.25, 0.3) is 11.8 Å². The summed E-state index contributed by atoms with van der Waals surface area (Å²) in [5, 5.41) is 5.22.